The number of nitrogens with one attached hydrogen (secondary N) is 2. The molecule has 2 N–H and O–H groups in total. The lowest BCUT2D eigenvalue weighted by Crippen LogP contribution is -2.29. The van der Waals surface area contributed by atoms with E-state index in [1.165, 1.54) is 24.8 Å². The predicted molar refractivity (Wildman–Crippen MR) is 116 cm³/mol. The summed E-state index contributed by atoms with van der Waals surface area (Å²) in [5.74, 6) is 1.70. The molecule has 2 heterocycles. The van der Waals surface area contributed by atoms with E-state index >= 15 is 0 Å². The lowest BCUT2D eigenvalue weighted by Gasteiger charge is -2.15. The van der Waals surface area contributed by atoms with Crippen LogP contribution in [-0.2, 0) is 23.0 Å². The molecule has 1 atom stereocenters. The van der Waals surface area contributed by atoms with Crippen LogP contribution in [0.2, 0.25) is 0 Å². The summed E-state index contributed by atoms with van der Waals surface area (Å²) in [7, 11) is -2.22. The quantitative estimate of drug-likeness (QED) is 0.551. The number of anilines is 1. The first-order valence-corrected chi connectivity index (χ1v) is 11.5. The molecular weight excluding hydrogens is 418 g/mol. The fourth-order valence-electron chi connectivity index (χ4n) is 3.54. The summed E-state index contributed by atoms with van der Waals surface area (Å²) < 4.78 is 41.0. The molecule has 1 aromatic heterocycles. The Kier molecular flexibility index (Phi) is 5.84. The molecule has 0 radical (unpaired) electrons. The van der Waals surface area contributed by atoms with Crippen LogP contribution in [0.1, 0.15) is 31.3 Å². The Hall–Kier alpha value is -3.11. The molecule has 0 aliphatic carbocycles. The van der Waals surface area contributed by atoms with Crippen LogP contribution in [0.15, 0.2) is 47.4 Å². The SMILES string of the molecule is CCn1c(Oc2ccc3c(c2)NCC3)nnc1[C@@H](C)NS(=O)(=O)c1ccc(OC)cc1. The molecular formula is C21H25N5O4S. The van der Waals surface area contributed by atoms with E-state index < -0.39 is 16.1 Å². The molecule has 2 aromatic carbocycles. The van der Waals surface area contributed by atoms with Crippen molar-refractivity contribution in [3.05, 3.63) is 53.9 Å². The van der Waals surface area contributed by atoms with Crippen molar-refractivity contribution in [2.45, 2.75) is 37.8 Å². The van der Waals surface area contributed by atoms with E-state index in [0.717, 1.165) is 18.7 Å². The number of ether oxygens (including phenoxy) is 2. The molecule has 0 unspecified atom stereocenters. The monoisotopic (exact) mass is 443 g/mol. The minimum absolute atomic E-state index is 0.143. The minimum Gasteiger partial charge on any atom is -0.497 e. The highest BCUT2D eigenvalue weighted by Crippen LogP contribution is 2.30. The maximum absolute atomic E-state index is 12.8. The van der Waals surface area contributed by atoms with E-state index in [9.17, 15) is 8.42 Å². The number of aromatic nitrogens is 3. The Labute approximate surface area is 181 Å². The van der Waals surface area contributed by atoms with Crippen LogP contribution >= 0.6 is 0 Å². The Morgan fingerprint density at radius 1 is 1.16 bits per heavy atom. The van der Waals surface area contributed by atoms with Gasteiger partial charge in [-0.3, -0.25) is 4.57 Å². The van der Waals surface area contributed by atoms with E-state index in [4.69, 9.17) is 9.47 Å². The molecule has 4 rings (SSSR count). The smallest absolute Gasteiger partial charge is 0.322 e. The van der Waals surface area contributed by atoms with E-state index in [1.807, 2.05) is 25.1 Å². The summed E-state index contributed by atoms with van der Waals surface area (Å²) in [6.45, 7) is 5.09. The third-order valence-corrected chi connectivity index (χ3v) is 6.71. The first-order chi connectivity index (χ1) is 14.9. The highest BCUT2D eigenvalue weighted by molar-refractivity contribution is 7.89. The first-order valence-electron chi connectivity index (χ1n) is 10.1. The Morgan fingerprint density at radius 2 is 1.90 bits per heavy atom. The molecule has 9 nitrogen and oxygen atoms in total. The van der Waals surface area contributed by atoms with Gasteiger partial charge in [-0.25, -0.2) is 13.1 Å². The van der Waals surface area contributed by atoms with Crippen LogP contribution < -0.4 is 19.5 Å². The second-order valence-corrected chi connectivity index (χ2v) is 8.92. The number of nitrogens with zero attached hydrogens (tertiary/aromatic N) is 3. The normalized spacial score (nSPS) is 14.0. The highest BCUT2D eigenvalue weighted by Gasteiger charge is 2.24. The van der Waals surface area contributed by atoms with Gasteiger partial charge in [-0.05, 0) is 56.2 Å². The second kappa shape index (κ2) is 8.56. The van der Waals surface area contributed by atoms with Crippen molar-refractivity contribution in [1.29, 1.82) is 0 Å². The average molecular weight is 444 g/mol. The predicted octanol–water partition coefficient (Wildman–Crippen LogP) is 3.11. The van der Waals surface area contributed by atoms with Gasteiger partial charge in [0.15, 0.2) is 5.82 Å². The molecule has 3 aromatic rings. The van der Waals surface area contributed by atoms with Gasteiger partial charge in [-0.2, -0.15) is 0 Å². The van der Waals surface area contributed by atoms with Crippen LogP contribution in [0.3, 0.4) is 0 Å². The number of sulfonamides is 1. The molecule has 0 saturated heterocycles. The van der Waals surface area contributed by atoms with E-state index in [0.29, 0.717) is 29.9 Å². The van der Waals surface area contributed by atoms with Crippen LogP contribution in [-0.4, -0.2) is 36.8 Å². The fourth-order valence-corrected chi connectivity index (χ4v) is 4.74. The van der Waals surface area contributed by atoms with Crippen LogP contribution in [0, 0.1) is 0 Å². The zero-order chi connectivity index (χ0) is 22.0. The summed E-state index contributed by atoms with van der Waals surface area (Å²) >= 11 is 0. The van der Waals surface area contributed by atoms with Gasteiger partial charge in [-0.1, -0.05) is 11.2 Å². The van der Waals surface area contributed by atoms with E-state index in [2.05, 4.69) is 20.2 Å². The third-order valence-electron chi connectivity index (χ3n) is 5.15. The fraction of sp³-hybridized carbons (Fsp3) is 0.333. The Balaban J connectivity index is 1.53. The van der Waals surface area contributed by atoms with Crippen molar-refractivity contribution < 1.29 is 17.9 Å². The van der Waals surface area contributed by atoms with Gasteiger partial charge in [0.1, 0.15) is 11.5 Å². The number of methoxy groups -OCH3 is 1. The molecule has 1 aliphatic rings. The summed E-state index contributed by atoms with van der Waals surface area (Å²) in [4.78, 5) is 0.143. The maximum Gasteiger partial charge on any atom is 0.322 e. The minimum atomic E-state index is -3.75. The van der Waals surface area contributed by atoms with Gasteiger partial charge in [0.05, 0.1) is 18.0 Å². The van der Waals surface area contributed by atoms with Crippen molar-refractivity contribution in [2.24, 2.45) is 0 Å². The zero-order valence-electron chi connectivity index (χ0n) is 17.6. The largest absolute Gasteiger partial charge is 0.497 e. The third kappa shape index (κ3) is 4.35. The van der Waals surface area contributed by atoms with Crippen molar-refractivity contribution >= 4 is 15.7 Å². The molecule has 1 aliphatic heterocycles. The lowest BCUT2D eigenvalue weighted by atomic mass is 10.2. The molecule has 10 heteroatoms. The first kappa shape index (κ1) is 21.1. The highest BCUT2D eigenvalue weighted by atomic mass is 32.2. The van der Waals surface area contributed by atoms with Gasteiger partial charge in [-0.15, -0.1) is 5.10 Å². The Bertz CT molecular complexity index is 1170. The lowest BCUT2D eigenvalue weighted by molar-refractivity contribution is 0.408. The molecule has 0 fully saturated rings. The maximum atomic E-state index is 12.8. The molecule has 0 spiro atoms. The summed E-state index contributed by atoms with van der Waals surface area (Å²) in [5, 5.41) is 11.6. The number of benzene rings is 2. The number of fused-ring (bicyclic) bond motifs is 1. The van der Waals surface area contributed by atoms with Crippen molar-refractivity contribution in [3.63, 3.8) is 0 Å². The van der Waals surface area contributed by atoms with Crippen molar-refractivity contribution in [1.82, 2.24) is 19.5 Å². The summed E-state index contributed by atoms with van der Waals surface area (Å²) in [6.07, 6.45) is 0.997. The van der Waals surface area contributed by atoms with Gasteiger partial charge in [0.25, 0.3) is 0 Å². The van der Waals surface area contributed by atoms with Gasteiger partial charge >= 0.3 is 6.01 Å². The molecule has 0 saturated carbocycles. The summed E-state index contributed by atoms with van der Waals surface area (Å²) in [6, 6.07) is 11.8. The van der Waals surface area contributed by atoms with Crippen molar-refractivity contribution in [3.8, 4) is 17.5 Å². The molecule has 31 heavy (non-hydrogen) atoms. The number of hydrogen-bond donors (Lipinski definition) is 2. The van der Waals surface area contributed by atoms with Crippen LogP contribution in [0.25, 0.3) is 0 Å². The van der Waals surface area contributed by atoms with Gasteiger partial charge < -0.3 is 14.8 Å². The Morgan fingerprint density at radius 3 is 2.61 bits per heavy atom. The van der Waals surface area contributed by atoms with Crippen LogP contribution in [0.4, 0.5) is 5.69 Å². The number of rotatable bonds is 8. The van der Waals surface area contributed by atoms with Crippen molar-refractivity contribution in [2.75, 3.05) is 19.0 Å². The topological polar surface area (TPSA) is 107 Å². The molecule has 164 valence electrons. The molecule has 0 bridgehead atoms. The average Bonchev–Trinajstić information content (AvgIpc) is 3.39. The van der Waals surface area contributed by atoms with Gasteiger partial charge in [0, 0.05) is 24.8 Å². The standard InChI is InChI=1S/C21H25N5O4S/c1-4-26-20(14(2)25-31(27,28)18-9-7-16(29-3)8-10-18)23-24-21(26)30-17-6-5-15-11-12-22-19(15)13-17/h5-10,13-14,22,25H,4,11-12H2,1-3H3/t14-/m1/s1. The number of hydrogen-bond acceptors (Lipinski definition) is 7. The van der Waals surface area contributed by atoms with E-state index in [-0.39, 0.29) is 4.90 Å². The van der Waals surface area contributed by atoms with Gasteiger partial charge in [0.2, 0.25) is 10.0 Å². The summed E-state index contributed by atoms with van der Waals surface area (Å²) in [5.41, 5.74) is 2.31. The molecule has 0 amide bonds. The van der Waals surface area contributed by atoms with E-state index in [1.54, 1.807) is 23.6 Å². The van der Waals surface area contributed by atoms with Crippen LogP contribution in [0.5, 0.6) is 17.5 Å². The second-order valence-electron chi connectivity index (χ2n) is 7.20. The zero-order valence-corrected chi connectivity index (χ0v) is 18.4.